The van der Waals surface area contributed by atoms with Crippen LogP contribution in [0.5, 0.6) is 0 Å². The molecular formula is C18H30N4O3. The lowest BCUT2D eigenvalue weighted by Gasteiger charge is -2.49. The third-order valence-electron chi connectivity index (χ3n) is 6.07. The number of carbonyl (C=O) groups is 3. The predicted octanol–water partition coefficient (Wildman–Crippen LogP) is 0.202. The zero-order valence-corrected chi connectivity index (χ0v) is 15.3. The number of amides is 3. The molecule has 3 amide bonds. The van der Waals surface area contributed by atoms with Crippen LogP contribution in [0.1, 0.15) is 44.9 Å². The summed E-state index contributed by atoms with van der Waals surface area (Å²) in [6.07, 6.45) is 5.07. The minimum absolute atomic E-state index is 0.0853. The first-order chi connectivity index (χ1) is 12.0. The summed E-state index contributed by atoms with van der Waals surface area (Å²) >= 11 is 0. The fraction of sp³-hybridized carbons (Fsp3) is 0.833. The van der Waals surface area contributed by atoms with Crippen molar-refractivity contribution >= 4 is 17.7 Å². The molecule has 0 bridgehead atoms. The standard InChI is InChI=1S/C18H30N4O3/c1-20-12-13-22(14-18(20)7-6-15(23)19-9-8-18)17(25)5-3-11-21-10-2-4-16(21)24/h2-14H2,1H3,(H,19,23)/t18-/m1/s1. The zero-order chi connectivity index (χ0) is 17.9. The van der Waals surface area contributed by atoms with Crippen LogP contribution in [0, 0.1) is 0 Å². The molecule has 0 aromatic heterocycles. The Morgan fingerprint density at radius 2 is 2.00 bits per heavy atom. The maximum absolute atomic E-state index is 12.7. The third kappa shape index (κ3) is 4.14. The average Bonchev–Trinajstić information content (AvgIpc) is 2.90. The minimum atomic E-state index is -0.0853. The highest BCUT2D eigenvalue weighted by atomic mass is 16.2. The van der Waals surface area contributed by atoms with Gasteiger partial charge in [0.25, 0.3) is 0 Å². The van der Waals surface area contributed by atoms with Crippen LogP contribution in [0.3, 0.4) is 0 Å². The lowest BCUT2D eigenvalue weighted by atomic mass is 9.86. The summed E-state index contributed by atoms with van der Waals surface area (Å²) < 4.78 is 0. The second kappa shape index (κ2) is 7.72. The van der Waals surface area contributed by atoms with E-state index in [4.69, 9.17) is 0 Å². The van der Waals surface area contributed by atoms with Gasteiger partial charge in [-0.1, -0.05) is 0 Å². The van der Waals surface area contributed by atoms with Crippen molar-refractivity contribution in [2.45, 2.75) is 50.5 Å². The van der Waals surface area contributed by atoms with Gasteiger partial charge >= 0.3 is 0 Å². The van der Waals surface area contributed by atoms with E-state index in [9.17, 15) is 14.4 Å². The zero-order valence-electron chi connectivity index (χ0n) is 15.3. The molecule has 3 aliphatic heterocycles. The molecule has 3 saturated heterocycles. The molecule has 3 aliphatic rings. The van der Waals surface area contributed by atoms with E-state index < -0.39 is 0 Å². The van der Waals surface area contributed by atoms with Crippen molar-refractivity contribution in [3.63, 3.8) is 0 Å². The summed E-state index contributed by atoms with van der Waals surface area (Å²) in [5.41, 5.74) is -0.0853. The summed E-state index contributed by atoms with van der Waals surface area (Å²) in [5, 5.41) is 2.94. The molecule has 3 fully saturated rings. The molecule has 0 aromatic rings. The smallest absolute Gasteiger partial charge is 0.222 e. The van der Waals surface area contributed by atoms with Crippen LogP contribution in [-0.4, -0.2) is 84.3 Å². The highest BCUT2D eigenvalue weighted by Gasteiger charge is 2.41. The molecule has 0 unspecified atom stereocenters. The Kier molecular flexibility index (Phi) is 5.61. The van der Waals surface area contributed by atoms with Crippen LogP contribution in [0.25, 0.3) is 0 Å². The first kappa shape index (κ1) is 18.2. The van der Waals surface area contributed by atoms with Crippen LogP contribution in [0.4, 0.5) is 0 Å². The molecule has 0 aromatic carbocycles. The van der Waals surface area contributed by atoms with Gasteiger partial charge in [0.2, 0.25) is 17.7 Å². The molecule has 1 atom stereocenters. The highest BCUT2D eigenvalue weighted by molar-refractivity contribution is 5.79. The van der Waals surface area contributed by atoms with Gasteiger partial charge in [-0.15, -0.1) is 0 Å². The number of piperazine rings is 1. The van der Waals surface area contributed by atoms with Gasteiger partial charge in [-0.2, -0.15) is 0 Å². The van der Waals surface area contributed by atoms with Crippen molar-refractivity contribution in [3.8, 4) is 0 Å². The maximum Gasteiger partial charge on any atom is 0.222 e. The number of carbonyl (C=O) groups excluding carboxylic acids is 3. The Morgan fingerprint density at radius 1 is 1.16 bits per heavy atom. The van der Waals surface area contributed by atoms with Gasteiger partial charge in [0.05, 0.1) is 0 Å². The van der Waals surface area contributed by atoms with Gasteiger partial charge in [0.1, 0.15) is 0 Å². The summed E-state index contributed by atoms with van der Waals surface area (Å²) in [6, 6.07) is 0. The Morgan fingerprint density at radius 3 is 2.76 bits per heavy atom. The fourth-order valence-corrected chi connectivity index (χ4v) is 4.33. The lowest BCUT2D eigenvalue weighted by Crippen LogP contribution is -2.62. The van der Waals surface area contributed by atoms with E-state index in [-0.39, 0.29) is 23.3 Å². The van der Waals surface area contributed by atoms with Crippen molar-refractivity contribution in [1.82, 2.24) is 20.0 Å². The molecule has 1 N–H and O–H groups in total. The quantitative estimate of drug-likeness (QED) is 0.786. The number of nitrogens with zero attached hydrogens (tertiary/aromatic N) is 3. The van der Waals surface area contributed by atoms with Crippen molar-refractivity contribution < 1.29 is 14.4 Å². The van der Waals surface area contributed by atoms with Crippen molar-refractivity contribution in [1.29, 1.82) is 0 Å². The number of hydrogen-bond acceptors (Lipinski definition) is 4. The molecule has 7 heteroatoms. The molecule has 3 rings (SSSR count). The molecule has 0 aliphatic carbocycles. The highest BCUT2D eigenvalue weighted by Crippen LogP contribution is 2.30. The van der Waals surface area contributed by atoms with Gasteiger partial charge < -0.3 is 15.1 Å². The summed E-state index contributed by atoms with van der Waals surface area (Å²) in [5.74, 6) is 0.522. The first-order valence-corrected chi connectivity index (χ1v) is 9.54. The molecule has 140 valence electrons. The van der Waals surface area contributed by atoms with Gasteiger partial charge in [-0.3, -0.25) is 19.3 Å². The largest absolute Gasteiger partial charge is 0.356 e. The summed E-state index contributed by atoms with van der Waals surface area (Å²) in [6.45, 7) is 4.53. The number of nitrogens with one attached hydrogen (secondary N) is 1. The maximum atomic E-state index is 12.7. The normalized spacial score (nSPS) is 28.4. The van der Waals surface area contributed by atoms with E-state index in [1.54, 1.807) is 0 Å². The predicted molar refractivity (Wildman–Crippen MR) is 93.8 cm³/mol. The van der Waals surface area contributed by atoms with Crippen LogP contribution in [0.15, 0.2) is 0 Å². The minimum Gasteiger partial charge on any atom is -0.356 e. The molecule has 7 nitrogen and oxygen atoms in total. The number of hydrogen-bond donors (Lipinski definition) is 1. The van der Waals surface area contributed by atoms with E-state index in [1.807, 2.05) is 9.80 Å². The molecule has 3 heterocycles. The Balaban J connectivity index is 1.52. The number of rotatable bonds is 4. The van der Waals surface area contributed by atoms with Crippen LogP contribution < -0.4 is 5.32 Å². The summed E-state index contributed by atoms with van der Waals surface area (Å²) in [4.78, 5) is 42.2. The second-order valence-electron chi connectivity index (χ2n) is 7.65. The molecule has 0 radical (unpaired) electrons. The topological polar surface area (TPSA) is 73.0 Å². The van der Waals surface area contributed by atoms with Crippen LogP contribution >= 0.6 is 0 Å². The lowest BCUT2D eigenvalue weighted by molar-refractivity contribution is -0.137. The van der Waals surface area contributed by atoms with E-state index >= 15 is 0 Å². The molecular weight excluding hydrogens is 320 g/mol. The molecule has 25 heavy (non-hydrogen) atoms. The van der Waals surface area contributed by atoms with E-state index in [2.05, 4.69) is 17.3 Å². The van der Waals surface area contributed by atoms with E-state index in [0.717, 1.165) is 45.3 Å². The monoisotopic (exact) mass is 350 g/mol. The van der Waals surface area contributed by atoms with Gasteiger partial charge in [-0.05, 0) is 32.7 Å². The van der Waals surface area contributed by atoms with Crippen LogP contribution in [-0.2, 0) is 14.4 Å². The van der Waals surface area contributed by atoms with Crippen molar-refractivity contribution in [2.24, 2.45) is 0 Å². The molecule has 0 saturated carbocycles. The summed E-state index contributed by atoms with van der Waals surface area (Å²) in [7, 11) is 2.11. The molecule has 1 spiro atoms. The Bertz CT molecular complexity index is 538. The van der Waals surface area contributed by atoms with E-state index in [1.165, 1.54) is 0 Å². The fourth-order valence-electron chi connectivity index (χ4n) is 4.33. The van der Waals surface area contributed by atoms with Gasteiger partial charge in [-0.25, -0.2) is 0 Å². The Labute approximate surface area is 149 Å². The number of likely N-dealkylation sites (tertiary alicyclic amines) is 1. The Hall–Kier alpha value is -1.63. The van der Waals surface area contributed by atoms with Gasteiger partial charge in [0.15, 0.2) is 0 Å². The average molecular weight is 350 g/mol. The van der Waals surface area contributed by atoms with Gasteiger partial charge in [0, 0.05) is 64.1 Å². The van der Waals surface area contributed by atoms with E-state index in [0.29, 0.717) is 38.9 Å². The first-order valence-electron chi connectivity index (χ1n) is 9.54. The van der Waals surface area contributed by atoms with Crippen molar-refractivity contribution in [2.75, 3.05) is 46.3 Å². The van der Waals surface area contributed by atoms with Crippen molar-refractivity contribution in [3.05, 3.63) is 0 Å². The number of likely N-dealkylation sites (N-methyl/N-ethyl adjacent to an activating group) is 1. The van der Waals surface area contributed by atoms with Crippen LogP contribution in [0.2, 0.25) is 0 Å². The SMILES string of the molecule is CN1CCN(C(=O)CCCN2CCCC2=O)C[C@@]12CCNC(=O)CC2. The second-order valence-corrected chi connectivity index (χ2v) is 7.65. The third-order valence-corrected chi connectivity index (χ3v) is 6.07.